The fourth-order valence-electron chi connectivity index (χ4n) is 6.55. The van der Waals surface area contributed by atoms with Gasteiger partial charge in [-0.2, -0.15) is 0 Å². The summed E-state index contributed by atoms with van der Waals surface area (Å²) in [5.41, 5.74) is 5.44. The van der Waals surface area contributed by atoms with Crippen molar-refractivity contribution in [2.24, 2.45) is 11.8 Å². The van der Waals surface area contributed by atoms with Gasteiger partial charge in [0.1, 0.15) is 0 Å². The van der Waals surface area contributed by atoms with Crippen LogP contribution in [0.3, 0.4) is 0 Å². The monoisotopic (exact) mass is 423 g/mol. The first-order valence-electron chi connectivity index (χ1n) is 12.0. The number of hydrogen-bond acceptors (Lipinski definition) is 4. The standard InChI is InChI=1S/C25H31NO3.C2H6/c1-26(2)17-6-3-15(4-7-17)21-14-25(29)22(11-12-23(25)28)20-9-5-16-13-18(27)8-10-19(16)24(20)21;1-2/h3-4,6-7,13,20-23,28-29H,5,8-12,14H2,1-2H3;1-2H3. The number of aliphatic hydroxyl groups excluding tert-OH is 1. The van der Waals surface area contributed by atoms with Gasteiger partial charge in [0, 0.05) is 32.1 Å². The Labute approximate surface area is 186 Å². The van der Waals surface area contributed by atoms with Crippen molar-refractivity contribution in [2.75, 3.05) is 19.0 Å². The fraction of sp³-hybridized carbons (Fsp3) is 0.593. The summed E-state index contributed by atoms with van der Waals surface area (Å²) in [7, 11) is 4.07. The smallest absolute Gasteiger partial charge is 0.156 e. The number of allylic oxidation sites excluding steroid dienone is 4. The molecule has 31 heavy (non-hydrogen) atoms. The Hall–Kier alpha value is -1.91. The van der Waals surface area contributed by atoms with E-state index in [2.05, 4.69) is 29.2 Å². The molecule has 5 rings (SSSR count). The number of fused-ring (bicyclic) bond motifs is 4. The van der Waals surface area contributed by atoms with Crippen LogP contribution in [-0.4, -0.2) is 41.8 Å². The van der Waals surface area contributed by atoms with E-state index in [1.807, 2.05) is 34.0 Å². The van der Waals surface area contributed by atoms with E-state index in [4.69, 9.17) is 0 Å². The third kappa shape index (κ3) is 3.68. The SMILES string of the molecule is CC.CN(C)c1ccc(C2CC3(O)C(O)CCC3C3CCC4=CC(=O)CCC4=C23)cc1. The number of rotatable bonds is 2. The predicted octanol–water partition coefficient (Wildman–Crippen LogP) is 4.76. The molecule has 4 heteroatoms. The number of nitrogens with zero attached hydrogens (tertiary/aromatic N) is 1. The van der Waals surface area contributed by atoms with E-state index >= 15 is 0 Å². The highest BCUT2D eigenvalue weighted by molar-refractivity contribution is 5.93. The van der Waals surface area contributed by atoms with Gasteiger partial charge in [-0.15, -0.1) is 0 Å². The first-order chi connectivity index (χ1) is 14.9. The van der Waals surface area contributed by atoms with Gasteiger partial charge in [-0.05, 0) is 85.3 Å². The number of hydrogen-bond donors (Lipinski definition) is 2. The molecule has 168 valence electrons. The van der Waals surface area contributed by atoms with Crippen LogP contribution in [0.2, 0.25) is 0 Å². The van der Waals surface area contributed by atoms with E-state index in [9.17, 15) is 15.0 Å². The minimum Gasteiger partial charge on any atom is -0.390 e. The summed E-state index contributed by atoms with van der Waals surface area (Å²) in [6.07, 6.45) is 6.73. The molecule has 1 aromatic rings. The molecule has 0 spiro atoms. The second-order valence-electron chi connectivity index (χ2n) is 9.65. The van der Waals surface area contributed by atoms with Crippen LogP contribution in [0, 0.1) is 11.8 Å². The Morgan fingerprint density at radius 2 is 1.71 bits per heavy atom. The number of anilines is 1. The van der Waals surface area contributed by atoms with E-state index in [1.54, 1.807) is 0 Å². The average Bonchev–Trinajstić information content (AvgIpc) is 3.08. The minimum atomic E-state index is -0.995. The van der Waals surface area contributed by atoms with Crippen molar-refractivity contribution in [3.05, 3.63) is 52.6 Å². The summed E-state index contributed by atoms with van der Waals surface area (Å²) in [6, 6.07) is 8.64. The van der Waals surface area contributed by atoms with E-state index < -0.39 is 11.7 Å². The lowest BCUT2D eigenvalue weighted by Gasteiger charge is -2.50. The molecule has 4 nitrogen and oxygen atoms in total. The molecular weight excluding hydrogens is 386 g/mol. The average molecular weight is 424 g/mol. The van der Waals surface area contributed by atoms with E-state index in [1.165, 1.54) is 22.3 Å². The summed E-state index contributed by atoms with van der Waals surface area (Å²) < 4.78 is 0. The van der Waals surface area contributed by atoms with Crippen molar-refractivity contribution in [1.82, 2.24) is 0 Å². The van der Waals surface area contributed by atoms with Crippen molar-refractivity contribution >= 4 is 11.5 Å². The third-order valence-electron chi connectivity index (χ3n) is 7.99. The molecule has 1 aromatic carbocycles. The Bertz CT molecular complexity index is 898. The van der Waals surface area contributed by atoms with Crippen LogP contribution in [0.4, 0.5) is 5.69 Å². The van der Waals surface area contributed by atoms with Crippen molar-refractivity contribution in [3.63, 3.8) is 0 Å². The van der Waals surface area contributed by atoms with Crippen LogP contribution in [0.5, 0.6) is 0 Å². The lowest BCUT2D eigenvalue weighted by atomic mass is 9.56. The van der Waals surface area contributed by atoms with E-state index in [0.29, 0.717) is 25.2 Å². The zero-order chi connectivity index (χ0) is 22.3. The Kier molecular flexibility index (Phi) is 6.15. The predicted molar refractivity (Wildman–Crippen MR) is 125 cm³/mol. The molecule has 0 aromatic heterocycles. The van der Waals surface area contributed by atoms with Gasteiger partial charge in [0.2, 0.25) is 0 Å². The summed E-state index contributed by atoms with van der Waals surface area (Å²) in [6.45, 7) is 4.00. The molecule has 0 saturated heterocycles. The largest absolute Gasteiger partial charge is 0.390 e. The normalized spacial score (nSPS) is 34.1. The van der Waals surface area contributed by atoms with E-state index in [-0.39, 0.29) is 17.6 Å². The number of benzene rings is 1. The van der Waals surface area contributed by atoms with Crippen molar-refractivity contribution in [3.8, 4) is 0 Å². The maximum absolute atomic E-state index is 12.0. The number of ketones is 1. The van der Waals surface area contributed by atoms with Gasteiger partial charge in [-0.25, -0.2) is 0 Å². The highest BCUT2D eigenvalue weighted by atomic mass is 16.3. The summed E-state index contributed by atoms with van der Waals surface area (Å²) >= 11 is 0. The van der Waals surface area contributed by atoms with Gasteiger partial charge in [0.25, 0.3) is 0 Å². The topological polar surface area (TPSA) is 60.8 Å². The molecule has 2 saturated carbocycles. The molecule has 0 amide bonds. The van der Waals surface area contributed by atoms with Crippen molar-refractivity contribution in [2.45, 2.75) is 76.4 Å². The van der Waals surface area contributed by atoms with Crippen LogP contribution in [0.15, 0.2) is 47.1 Å². The van der Waals surface area contributed by atoms with Crippen LogP contribution >= 0.6 is 0 Å². The number of carbonyl (C=O) groups excluding carboxylic acids is 1. The zero-order valence-corrected chi connectivity index (χ0v) is 19.4. The van der Waals surface area contributed by atoms with Crippen LogP contribution in [0.1, 0.15) is 70.3 Å². The first-order valence-corrected chi connectivity index (χ1v) is 12.0. The zero-order valence-electron chi connectivity index (χ0n) is 19.4. The highest BCUT2D eigenvalue weighted by Crippen LogP contribution is 2.60. The summed E-state index contributed by atoms with van der Waals surface area (Å²) in [4.78, 5) is 14.1. The maximum Gasteiger partial charge on any atom is 0.156 e. The summed E-state index contributed by atoms with van der Waals surface area (Å²) in [5, 5.41) is 22.3. The first kappa shape index (κ1) is 22.3. The molecular formula is C27H37NO3. The lowest BCUT2D eigenvalue weighted by molar-refractivity contribution is -0.115. The van der Waals surface area contributed by atoms with Gasteiger partial charge in [-0.1, -0.05) is 31.6 Å². The third-order valence-corrected chi connectivity index (χ3v) is 7.99. The molecule has 2 fully saturated rings. The Balaban J connectivity index is 0.00000112. The molecule has 0 bridgehead atoms. The molecule has 2 N–H and O–H groups in total. The summed E-state index contributed by atoms with van der Waals surface area (Å²) in [5.74, 6) is 0.802. The number of aliphatic hydroxyl groups is 2. The van der Waals surface area contributed by atoms with Crippen LogP contribution in [0.25, 0.3) is 0 Å². The molecule has 5 unspecified atom stereocenters. The van der Waals surface area contributed by atoms with Crippen LogP contribution in [-0.2, 0) is 4.79 Å². The van der Waals surface area contributed by atoms with E-state index in [0.717, 1.165) is 31.4 Å². The van der Waals surface area contributed by atoms with Gasteiger partial charge < -0.3 is 15.1 Å². The van der Waals surface area contributed by atoms with Crippen molar-refractivity contribution in [1.29, 1.82) is 0 Å². The molecule has 0 heterocycles. The Morgan fingerprint density at radius 1 is 1.00 bits per heavy atom. The molecule has 0 aliphatic heterocycles. The fourth-order valence-corrected chi connectivity index (χ4v) is 6.55. The van der Waals surface area contributed by atoms with Gasteiger partial charge in [-0.3, -0.25) is 4.79 Å². The van der Waals surface area contributed by atoms with Crippen molar-refractivity contribution < 1.29 is 15.0 Å². The molecule has 0 radical (unpaired) electrons. The second-order valence-corrected chi connectivity index (χ2v) is 9.65. The highest BCUT2D eigenvalue weighted by Gasteiger charge is 2.58. The lowest BCUT2D eigenvalue weighted by Crippen LogP contribution is -2.52. The number of carbonyl (C=O) groups is 1. The van der Waals surface area contributed by atoms with Crippen LogP contribution < -0.4 is 4.90 Å². The van der Waals surface area contributed by atoms with Gasteiger partial charge in [0.05, 0.1) is 11.7 Å². The minimum absolute atomic E-state index is 0.108. The molecule has 5 atom stereocenters. The molecule has 4 aliphatic carbocycles. The quantitative estimate of drug-likeness (QED) is 0.720. The van der Waals surface area contributed by atoms with Gasteiger partial charge >= 0.3 is 0 Å². The maximum atomic E-state index is 12.0. The second kappa shape index (κ2) is 8.55. The van der Waals surface area contributed by atoms with Gasteiger partial charge in [0.15, 0.2) is 5.78 Å². The Morgan fingerprint density at radius 3 is 2.39 bits per heavy atom. The molecule has 4 aliphatic rings.